The van der Waals surface area contributed by atoms with Gasteiger partial charge in [0, 0.05) is 24.7 Å². The van der Waals surface area contributed by atoms with Crippen LogP contribution in [-0.2, 0) is 15.6 Å². The highest BCUT2D eigenvalue weighted by atomic mass is 32.2. The van der Waals surface area contributed by atoms with Crippen LogP contribution in [-0.4, -0.2) is 35.9 Å². The van der Waals surface area contributed by atoms with E-state index in [9.17, 15) is 13.5 Å². The van der Waals surface area contributed by atoms with Gasteiger partial charge in [-0.3, -0.25) is 4.98 Å². The standard InChI is InChI=1S/C19H22N2O3S/c1-16-7-8-18(20-15-16)19(22)10-12-21(13-11-19)25(23,24)14-9-17-5-3-2-4-6-17/h2-9,14-15,22H,10-13H2,1H3. The second-order valence-electron chi connectivity index (χ2n) is 6.41. The van der Waals surface area contributed by atoms with Crippen LogP contribution in [0.5, 0.6) is 0 Å². The molecule has 132 valence electrons. The lowest BCUT2D eigenvalue weighted by Gasteiger charge is -2.36. The molecule has 1 aromatic carbocycles. The van der Waals surface area contributed by atoms with Gasteiger partial charge < -0.3 is 5.11 Å². The smallest absolute Gasteiger partial charge is 0.236 e. The molecule has 5 nitrogen and oxygen atoms in total. The van der Waals surface area contributed by atoms with E-state index in [0.717, 1.165) is 11.1 Å². The SMILES string of the molecule is Cc1ccc(C2(O)CCN(S(=O)(=O)C=Cc3ccccc3)CC2)nc1. The van der Waals surface area contributed by atoms with Crippen molar-refractivity contribution in [1.82, 2.24) is 9.29 Å². The van der Waals surface area contributed by atoms with Crippen LogP contribution in [0, 0.1) is 6.92 Å². The summed E-state index contributed by atoms with van der Waals surface area (Å²) in [4.78, 5) is 4.30. The Morgan fingerprint density at radius 1 is 1.12 bits per heavy atom. The van der Waals surface area contributed by atoms with Gasteiger partial charge in [0.2, 0.25) is 10.0 Å². The van der Waals surface area contributed by atoms with Gasteiger partial charge in [-0.2, -0.15) is 4.31 Å². The Morgan fingerprint density at radius 2 is 1.80 bits per heavy atom. The molecule has 0 bridgehead atoms. The average Bonchev–Trinajstić information content (AvgIpc) is 2.62. The van der Waals surface area contributed by atoms with Crippen molar-refractivity contribution in [1.29, 1.82) is 0 Å². The molecule has 0 atom stereocenters. The first-order valence-corrected chi connectivity index (χ1v) is 9.78. The van der Waals surface area contributed by atoms with Crippen LogP contribution in [0.25, 0.3) is 6.08 Å². The third-order valence-corrected chi connectivity index (χ3v) is 6.09. The molecule has 1 fully saturated rings. The van der Waals surface area contributed by atoms with E-state index in [1.54, 1.807) is 12.3 Å². The van der Waals surface area contributed by atoms with E-state index in [0.29, 0.717) is 18.5 Å². The zero-order valence-corrected chi connectivity index (χ0v) is 15.0. The van der Waals surface area contributed by atoms with Crippen LogP contribution in [0.4, 0.5) is 0 Å². The molecule has 1 N–H and O–H groups in total. The fourth-order valence-corrected chi connectivity index (χ4v) is 4.12. The molecule has 1 aliphatic rings. The van der Waals surface area contributed by atoms with Gasteiger partial charge in [-0.05, 0) is 43.0 Å². The van der Waals surface area contributed by atoms with E-state index in [2.05, 4.69) is 4.98 Å². The van der Waals surface area contributed by atoms with E-state index in [4.69, 9.17) is 0 Å². The summed E-state index contributed by atoms with van der Waals surface area (Å²) in [5, 5.41) is 12.1. The molecule has 6 heteroatoms. The summed E-state index contributed by atoms with van der Waals surface area (Å²) in [6, 6.07) is 13.0. The predicted molar refractivity (Wildman–Crippen MR) is 98.1 cm³/mol. The van der Waals surface area contributed by atoms with Gasteiger partial charge in [0.25, 0.3) is 0 Å². The van der Waals surface area contributed by atoms with Crippen molar-refractivity contribution in [2.75, 3.05) is 13.1 Å². The molecule has 0 saturated carbocycles. The maximum Gasteiger partial charge on any atom is 0.236 e. The lowest BCUT2D eigenvalue weighted by Crippen LogP contribution is -2.44. The fraction of sp³-hybridized carbons (Fsp3) is 0.316. The molecule has 3 rings (SSSR count). The largest absolute Gasteiger partial charge is 0.383 e. The molecule has 0 radical (unpaired) electrons. The van der Waals surface area contributed by atoms with Crippen LogP contribution < -0.4 is 0 Å². The number of benzene rings is 1. The Bertz CT molecular complexity index is 838. The third kappa shape index (κ3) is 4.15. The topological polar surface area (TPSA) is 70.5 Å². The van der Waals surface area contributed by atoms with Crippen LogP contribution in [0.3, 0.4) is 0 Å². The second-order valence-corrected chi connectivity index (χ2v) is 8.23. The monoisotopic (exact) mass is 358 g/mol. The zero-order chi connectivity index (χ0) is 17.9. The molecule has 25 heavy (non-hydrogen) atoms. The van der Waals surface area contributed by atoms with E-state index in [1.807, 2.05) is 49.4 Å². The van der Waals surface area contributed by atoms with E-state index < -0.39 is 15.6 Å². The van der Waals surface area contributed by atoms with Crippen molar-refractivity contribution in [3.63, 3.8) is 0 Å². The fourth-order valence-electron chi connectivity index (χ4n) is 2.92. The van der Waals surface area contributed by atoms with Crippen molar-refractivity contribution in [3.8, 4) is 0 Å². The molecular formula is C19H22N2O3S. The van der Waals surface area contributed by atoms with E-state index in [1.165, 1.54) is 9.71 Å². The van der Waals surface area contributed by atoms with Crippen molar-refractivity contribution >= 4 is 16.1 Å². The number of hydrogen-bond acceptors (Lipinski definition) is 4. The van der Waals surface area contributed by atoms with Crippen LogP contribution in [0.2, 0.25) is 0 Å². The second kappa shape index (κ2) is 7.07. The molecule has 2 heterocycles. The summed E-state index contributed by atoms with van der Waals surface area (Å²) >= 11 is 0. The summed E-state index contributed by atoms with van der Waals surface area (Å²) < 4.78 is 26.4. The van der Waals surface area contributed by atoms with Gasteiger partial charge in [0.15, 0.2) is 0 Å². The predicted octanol–water partition coefficient (Wildman–Crippen LogP) is 2.67. The lowest BCUT2D eigenvalue weighted by atomic mass is 9.88. The molecule has 0 aliphatic carbocycles. The Hall–Kier alpha value is -2.02. The molecular weight excluding hydrogens is 336 g/mol. The molecule has 0 unspecified atom stereocenters. The van der Waals surface area contributed by atoms with Gasteiger partial charge in [-0.25, -0.2) is 8.42 Å². The molecule has 0 spiro atoms. The summed E-state index contributed by atoms with van der Waals surface area (Å²) in [5.74, 6) is 0. The number of rotatable bonds is 4. The number of hydrogen-bond donors (Lipinski definition) is 1. The van der Waals surface area contributed by atoms with Crippen LogP contribution in [0.1, 0.15) is 29.7 Å². The zero-order valence-electron chi connectivity index (χ0n) is 14.2. The minimum Gasteiger partial charge on any atom is -0.383 e. The molecule has 2 aromatic rings. The van der Waals surface area contributed by atoms with Gasteiger partial charge in [0.05, 0.1) is 5.69 Å². The van der Waals surface area contributed by atoms with Crippen molar-refractivity contribution < 1.29 is 13.5 Å². The van der Waals surface area contributed by atoms with Crippen molar-refractivity contribution in [2.45, 2.75) is 25.4 Å². The highest BCUT2D eigenvalue weighted by Gasteiger charge is 2.38. The maximum atomic E-state index is 12.5. The van der Waals surface area contributed by atoms with Gasteiger partial charge in [-0.15, -0.1) is 0 Å². The highest BCUT2D eigenvalue weighted by Crippen LogP contribution is 2.32. The number of aromatic nitrogens is 1. The first kappa shape index (κ1) is 17.8. The Morgan fingerprint density at radius 3 is 2.40 bits per heavy atom. The summed E-state index contributed by atoms with van der Waals surface area (Å²) in [6.45, 7) is 2.48. The Kier molecular flexibility index (Phi) is 5.03. The van der Waals surface area contributed by atoms with Gasteiger partial charge in [-0.1, -0.05) is 36.4 Å². The number of piperidine rings is 1. The van der Waals surface area contributed by atoms with Crippen LogP contribution in [0.15, 0.2) is 54.1 Å². The highest BCUT2D eigenvalue weighted by molar-refractivity contribution is 7.92. The number of aliphatic hydroxyl groups is 1. The first-order valence-electron chi connectivity index (χ1n) is 8.28. The first-order chi connectivity index (χ1) is 11.9. The molecule has 0 amide bonds. The van der Waals surface area contributed by atoms with Crippen molar-refractivity contribution in [3.05, 3.63) is 70.9 Å². The Balaban J connectivity index is 1.68. The number of nitrogens with zero attached hydrogens (tertiary/aromatic N) is 2. The number of pyridine rings is 1. The molecule has 1 aliphatic heterocycles. The Labute approximate surface area is 148 Å². The normalized spacial score (nSPS) is 18.5. The lowest BCUT2D eigenvalue weighted by molar-refractivity contribution is -0.0132. The quantitative estimate of drug-likeness (QED) is 0.912. The van der Waals surface area contributed by atoms with Gasteiger partial charge >= 0.3 is 0 Å². The molecule has 1 saturated heterocycles. The summed E-state index contributed by atoms with van der Waals surface area (Å²) in [7, 11) is -3.50. The van der Waals surface area contributed by atoms with Crippen molar-refractivity contribution in [2.24, 2.45) is 0 Å². The third-order valence-electron chi connectivity index (χ3n) is 4.53. The van der Waals surface area contributed by atoms with E-state index in [-0.39, 0.29) is 13.1 Å². The van der Waals surface area contributed by atoms with Gasteiger partial charge in [0.1, 0.15) is 5.60 Å². The average molecular weight is 358 g/mol. The summed E-state index contributed by atoms with van der Waals surface area (Å²) in [5.41, 5.74) is 1.40. The van der Waals surface area contributed by atoms with E-state index >= 15 is 0 Å². The maximum absolute atomic E-state index is 12.5. The number of sulfonamides is 1. The number of aryl methyl sites for hydroxylation is 1. The molecule has 1 aromatic heterocycles. The van der Waals surface area contributed by atoms with Crippen LogP contribution >= 0.6 is 0 Å². The minimum atomic E-state index is -3.50. The summed E-state index contributed by atoms with van der Waals surface area (Å²) in [6.07, 6.45) is 3.99. The minimum absolute atomic E-state index is 0.271.